The van der Waals surface area contributed by atoms with Crippen molar-refractivity contribution in [3.05, 3.63) is 40.0 Å². The molecular formula is C9H7BrClN5. The molecule has 0 fully saturated rings. The smallest absolute Gasteiger partial charge is 0.224 e. The van der Waals surface area contributed by atoms with Crippen LogP contribution < -0.4 is 5.32 Å². The van der Waals surface area contributed by atoms with E-state index in [9.17, 15) is 0 Å². The van der Waals surface area contributed by atoms with Gasteiger partial charge in [-0.1, -0.05) is 0 Å². The summed E-state index contributed by atoms with van der Waals surface area (Å²) in [5.41, 5.74) is 0.823. The van der Waals surface area contributed by atoms with Gasteiger partial charge in [0.2, 0.25) is 5.28 Å². The van der Waals surface area contributed by atoms with Crippen LogP contribution in [0.1, 0.15) is 5.69 Å². The van der Waals surface area contributed by atoms with Crippen molar-refractivity contribution in [3.8, 4) is 0 Å². The van der Waals surface area contributed by atoms with Crippen LogP contribution in [-0.2, 0) is 6.54 Å². The van der Waals surface area contributed by atoms with Gasteiger partial charge in [0.05, 0.1) is 16.7 Å². The number of hydrogen-bond acceptors (Lipinski definition) is 5. The summed E-state index contributed by atoms with van der Waals surface area (Å²) in [6.07, 6.45) is 3.22. The van der Waals surface area contributed by atoms with E-state index in [2.05, 4.69) is 41.4 Å². The average Bonchev–Trinajstić information content (AvgIpc) is 2.32. The van der Waals surface area contributed by atoms with Crippen molar-refractivity contribution >= 4 is 33.3 Å². The monoisotopic (exact) mass is 299 g/mol. The number of nitrogens with one attached hydrogen (secondary N) is 1. The largest absolute Gasteiger partial charge is 0.363 e. The summed E-state index contributed by atoms with van der Waals surface area (Å²) in [6, 6.07) is 3.70. The third kappa shape index (κ3) is 2.86. The predicted molar refractivity (Wildman–Crippen MR) is 64.1 cm³/mol. The minimum absolute atomic E-state index is 0.199. The molecule has 7 heteroatoms. The third-order valence-corrected chi connectivity index (χ3v) is 2.54. The Kier molecular flexibility index (Phi) is 3.63. The Bertz CT molecular complexity index is 479. The first-order valence-corrected chi connectivity index (χ1v) is 5.61. The van der Waals surface area contributed by atoms with Gasteiger partial charge < -0.3 is 5.32 Å². The lowest BCUT2D eigenvalue weighted by molar-refractivity contribution is 0.918. The maximum Gasteiger partial charge on any atom is 0.224 e. The first-order chi connectivity index (χ1) is 7.75. The molecule has 2 aromatic rings. The van der Waals surface area contributed by atoms with Crippen molar-refractivity contribution in [2.45, 2.75) is 6.54 Å². The third-order valence-electron chi connectivity index (χ3n) is 1.78. The predicted octanol–water partition coefficient (Wildman–Crippen LogP) is 2.29. The van der Waals surface area contributed by atoms with Crippen molar-refractivity contribution in [3.63, 3.8) is 0 Å². The molecule has 0 aromatic carbocycles. The zero-order valence-electron chi connectivity index (χ0n) is 8.06. The standard InChI is InChI=1S/C9H7BrClN5/c10-7-5-13-9(11)15-8(7)12-4-6-2-1-3-14-16-6/h1-3,5H,4H2,(H,12,13,15). The Morgan fingerprint density at radius 1 is 1.44 bits per heavy atom. The van der Waals surface area contributed by atoms with E-state index < -0.39 is 0 Å². The maximum atomic E-state index is 5.69. The first kappa shape index (κ1) is 11.2. The molecule has 0 aliphatic carbocycles. The Balaban J connectivity index is 2.08. The van der Waals surface area contributed by atoms with Gasteiger partial charge in [0.25, 0.3) is 0 Å². The van der Waals surface area contributed by atoms with Crippen LogP contribution >= 0.6 is 27.5 Å². The molecule has 82 valence electrons. The molecular weight excluding hydrogens is 293 g/mol. The highest BCUT2D eigenvalue weighted by molar-refractivity contribution is 9.10. The van der Waals surface area contributed by atoms with Gasteiger partial charge in [0.15, 0.2) is 0 Å². The van der Waals surface area contributed by atoms with Crippen LogP contribution in [0.25, 0.3) is 0 Å². The molecule has 2 aromatic heterocycles. The number of halogens is 2. The van der Waals surface area contributed by atoms with E-state index in [1.54, 1.807) is 12.4 Å². The highest BCUT2D eigenvalue weighted by Gasteiger charge is 2.03. The van der Waals surface area contributed by atoms with Crippen molar-refractivity contribution < 1.29 is 0 Å². The fraction of sp³-hybridized carbons (Fsp3) is 0.111. The molecule has 1 N–H and O–H groups in total. The van der Waals surface area contributed by atoms with Crippen molar-refractivity contribution in [1.29, 1.82) is 0 Å². The summed E-state index contributed by atoms with van der Waals surface area (Å²) < 4.78 is 0.751. The Morgan fingerprint density at radius 2 is 2.31 bits per heavy atom. The molecule has 16 heavy (non-hydrogen) atoms. The highest BCUT2D eigenvalue weighted by Crippen LogP contribution is 2.20. The van der Waals surface area contributed by atoms with Gasteiger partial charge in [-0.3, -0.25) is 0 Å². The topological polar surface area (TPSA) is 63.6 Å². The molecule has 0 saturated carbocycles. The number of aromatic nitrogens is 4. The summed E-state index contributed by atoms with van der Waals surface area (Å²) in [5.74, 6) is 0.630. The van der Waals surface area contributed by atoms with Crippen LogP contribution in [0.3, 0.4) is 0 Å². The Morgan fingerprint density at radius 3 is 3.06 bits per heavy atom. The molecule has 0 radical (unpaired) electrons. The summed E-state index contributed by atoms with van der Waals surface area (Å²) in [7, 11) is 0. The van der Waals surface area contributed by atoms with E-state index in [-0.39, 0.29) is 5.28 Å². The summed E-state index contributed by atoms with van der Waals surface area (Å²) in [4.78, 5) is 7.87. The number of nitrogens with zero attached hydrogens (tertiary/aromatic N) is 4. The minimum atomic E-state index is 0.199. The van der Waals surface area contributed by atoms with E-state index in [1.807, 2.05) is 12.1 Å². The molecule has 0 aliphatic heterocycles. The lowest BCUT2D eigenvalue weighted by atomic mass is 10.4. The average molecular weight is 301 g/mol. The van der Waals surface area contributed by atoms with Gasteiger partial charge in [-0.15, -0.1) is 0 Å². The molecule has 2 heterocycles. The second-order valence-electron chi connectivity index (χ2n) is 2.90. The number of rotatable bonds is 3. The van der Waals surface area contributed by atoms with Crippen LogP contribution in [-0.4, -0.2) is 20.2 Å². The SMILES string of the molecule is Clc1ncc(Br)c(NCc2cccnn2)n1. The zero-order chi connectivity index (χ0) is 11.4. The molecule has 5 nitrogen and oxygen atoms in total. The summed E-state index contributed by atoms with van der Waals surface area (Å²) >= 11 is 9.01. The quantitative estimate of drug-likeness (QED) is 0.881. The molecule has 0 bridgehead atoms. The van der Waals surface area contributed by atoms with Gasteiger partial charge in [0.1, 0.15) is 5.82 Å². The molecule has 0 unspecified atom stereocenters. The lowest BCUT2D eigenvalue weighted by Crippen LogP contribution is -2.04. The summed E-state index contributed by atoms with van der Waals surface area (Å²) in [6.45, 7) is 0.528. The zero-order valence-corrected chi connectivity index (χ0v) is 10.4. The van der Waals surface area contributed by atoms with Crippen LogP contribution in [0, 0.1) is 0 Å². The molecule has 0 amide bonds. The van der Waals surface area contributed by atoms with Gasteiger partial charge in [-0.25, -0.2) is 4.98 Å². The molecule has 0 aliphatic rings. The number of anilines is 1. The van der Waals surface area contributed by atoms with Gasteiger partial charge >= 0.3 is 0 Å². The van der Waals surface area contributed by atoms with Crippen LogP contribution in [0.2, 0.25) is 5.28 Å². The first-order valence-electron chi connectivity index (χ1n) is 4.44. The second kappa shape index (κ2) is 5.18. The maximum absolute atomic E-state index is 5.69. The van der Waals surface area contributed by atoms with Gasteiger partial charge in [0, 0.05) is 12.4 Å². The molecule has 0 saturated heterocycles. The Hall–Kier alpha value is -1.27. The van der Waals surface area contributed by atoms with Crippen molar-refractivity contribution in [2.24, 2.45) is 0 Å². The minimum Gasteiger partial charge on any atom is -0.363 e. The van der Waals surface area contributed by atoms with E-state index in [4.69, 9.17) is 11.6 Å². The fourth-order valence-corrected chi connectivity index (χ4v) is 1.54. The lowest BCUT2D eigenvalue weighted by Gasteiger charge is -2.06. The normalized spacial score (nSPS) is 10.1. The summed E-state index contributed by atoms with van der Waals surface area (Å²) in [5, 5.41) is 11.0. The highest BCUT2D eigenvalue weighted by atomic mass is 79.9. The molecule has 2 rings (SSSR count). The van der Waals surface area contributed by atoms with E-state index in [0.29, 0.717) is 12.4 Å². The second-order valence-corrected chi connectivity index (χ2v) is 4.10. The molecule has 0 spiro atoms. The van der Waals surface area contributed by atoms with Gasteiger partial charge in [-0.05, 0) is 39.7 Å². The van der Waals surface area contributed by atoms with Crippen molar-refractivity contribution in [1.82, 2.24) is 20.2 Å². The van der Waals surface area contributed by atoms with E-state index in [1.165, 1.54) is 0 Å². The van der Waals surface area contributed by atoms with E-state index in [0.717, 1.165) is 10.2 Å². The van der Waals surface area contributed by atoms with Crippen molar-refractivity contribution in [2.75, 3.05) is 5.32 Å². The molecule has 0 atom stereocenters. The van der Waals surface area contributed by atoms with Crippen LogP contribution in [0.5, 0.6) is 0 Å². The Labute approximate surface area is 105 Å². The number of hydrogen-bond donors (Lipinski definition) is 1. The van der Waals surface area contributed by atoms with Crippen LogP contribution in [0.4, 0.5) is 5.82 Å². The van der Waals surface area contributed by atoms with Crippen LogP contribution in [0.15, 0.2) is 29.0 Å². The van der Waals surface area contributed by atoms with E-state index >= 15 is 0 Å². The van der Waals surface area contributed by atoms with Gasteiger partial charge in [-0.2, -0.15) is 15.2 Å². The fourth-order valence-electron chi connectivity index (χ4n) is 1.07.